The van der Waals surface area contributed by atoms with Crippen molar-refractivity contribution in [2.45, 2.75) is 31.7 Å². The monoisotopic (exact) mass is 599 g/mol. The van der Waals surface area contributed by atoms with Crippen LogP contribution < -0.4 is 26.0 Å². The zero-order valence-corrected chi connectivity index (χ0v) is 22.0. The quantitative estimate of drug-likeness (QED) is 0.314. The van der Waals surface area contributed by atoms with Gasteiger partial charge < -0.3 is 30.4 Å². The molecule has 1 unspecified atom stereocenters. The summed E-state index contributed by atoms with van der Waals surface area (Å²) < 4.78 is 56.8. The minimum Gasteiger partial charge on any atom is -0.542 e. The van der Waals surface area contributed by atoms with E-state index in [9.17, 15) is 36.7 Å². The normalized spacial score (nSPS) is 18.2. The van der Waals surface area contributed by atoms with Crippen molar-refractivity contribution >= 4 is 41.4 Å². The van der Waals surface area contributed by atoms with Crippen molar-refractivity contribution in [1.29, 1.82) is 0 Å². The van der Waals surface area contributed by atoms with Gasteiger partial charge in [0.1, 0.15) is 23.7 Å². The van der Waals surface area contributed by atoms with Gasteiger partial charge in [0.15, 0.2) is 12.6 Å². The summed E-state index contributed by atoms with van der Waals surface area (Å²) in [6.45, 7) is 2.01. The van der Waals surface area contributed by atoms with E-state index in [2.05, 4.69) is 16.0 Å². The third kappa shape index (κ3) is 7.90. The SMILES string of the molecule is CC(=O)NC[C@H]1CN(c2ccc(-c3ccc(N4CCC(OC(=O)C[NH3+])C4=O)nc3)c(F)c2)C(=O)O1.O=C([O-])C(F)(F)F. The molecule has 3 heterocycles. The first-order valence-corrected chi connectivity index (χ1v) is 12.3. The van der Waals surface area contributed by atoms with Gasteiger partial charge in [0, 0.05) is 37.2 Å². The van der Waals surface area contributed by atoms with Crippen LogP contribution in [0.3, 0.4) is 0 Å². The highest BCUT2D eigenvalue weighted by Crippen LogP contribution is 2.30. The van der Waals surface area contributed by atoms with E-state index in [-0.39, 0.29) is 37.0 Å². The molecule has 1 aromatic carbocycles. The summed E-state index contributed by atoms with van der Waals surface area (Å²) >= 11 is 0. The third-order valence-corrected chi connectivity index (χ3v) is 5.92. The molecule has 4 rings (SSSR count). The number of hydrogen-bond donors (Lipinski definition) is 2. The summed E-state index contributed by atoms with van der Waals surface area (Å²) in [6, 6.07) is 7.59. The molecular weight excluding hydrogens is 574 g/mol. The second kappa shape index (κ2) is 13.2. The number of carbonyl (C=O) groups is 5. The molecule has 4 N–H and O–H groups in total. The number of halogens is 4. The number of nitrogens with zero attached hydrogens (tertiary/aromatic N) is 3. The first kappa shape index (κ1) is 31.7. The van der Waals surface area contributed by atoms with E-state index in [4.69, 9.17) is 19.4 Å². The minimum absolute atomic E-state index is 0.0579. The van der Waals surface area contributed by atoms with Gasteiger partial charge >= 0.3 is 18.2 Å². The number of rotatable bonds is 7. The number of alkyl halides is 3. The number of cyclic esters (lactones) is 1. The molecule has 2 saturated heterocycles. The molecule has 0 bridgehead atoms. The molecule has 2 aliphatic rings. The fourth-order valence-electron chi connectivity index (χ4n) is 3.92. The number of benzene rings is 1. The van der Waals surface area contributed by atoms with E-state index in [1.54, 1.807) is 18.2 Å². The second-order valence-electron chi connectivity index (χ2n) is 8.91. The average molecular weight is 599 g/mol. The van der Waals surface area contributed by atoms with Crippen molar-refractivity contribution in [3.05, 3.63) is 42.3 Å². The van der Waals surface area contributed by atoms with Crippen LogP contribution in [0.15, 0.2) is 36.5 Å². The number of nitrogens with one attached hydrogen (secondary N) is 1. The topological polar surface area (TPSA) is 186 Å². The number of carboxylic acid groups (broad SMARTS) is 1. The molecule has 1 aromatic heterocycles. The molecule has 2 aromatic rings. The van der Waals surface area contributed by atoms with Crippen LogP contribution >= 0.6 is 0 Å². The molecule has 0 radical (unpaired) electrons. The molecule has 0 aliphatic carbocycles. The number of amides is 3. The van der Waals surface area contributed by atoms with Gasteiger partial charge in [0.2, 0.25) is 5.91 Å². The van der Waals surface area contributed by atoms with Gasteiger partial charge in [-0.05, 0) is 30.3 Å². The molecule has 42 heavy (non-hydrogen) atoms. The Hall–Kier alpha value is -4.80. The standard InChI is InChI=1S/C23H24FN5O6.C2HF3O2/c1-13(30)26-11-16-12-29(23(33)34-16)15-3-4-17(18(24)8-15)14-2-5-20(27-10-14)28-7-6-19(22(28)32)35-21(31)9-25;3-2(4,5)1(6)7/h2-5,8,10,16,19H,6-7,9,11-12,25H2,1H3,(H,26,30);(H,6,7)/t16-,19?;/m0./s1. The summed E-state index contributed by atoms with van der Waals surface area (Å²) in [7, 11) is 0. The van der Waals surface area contributed by atoms with Crippen molar-refractivity contribution in [2.24, 2.45) is 0 Å². The molecule has 17 heteroatoms. The number of anilines is 2. The molecule has 0 saturated carbocycles. The fourth-order valence-corrected chi connectivity index (χ4v) is 3.92. The van der Waals surface area contributed by atoms with E-state index in [1.807, 2.05) is 0 Å². The lowest BCUT2D eigenvalue weighted by atomic mass is 10.1. The zero-order valence-electron chi connectivity index (χ0n) is 22.0. The van der Waals surface area contributed by atoms with Gasteiger partial charge in [-0.25, -0.2) is 19.0 Å². The van der Waals surface area contributed by atoms with Crippen molar-refractivity contribution in [3.63, 3.8) is 0 Å². The Morgan fingerprint density at radius 3 is 2.43 bits per heavy atom. The molecule has 3 amide bonds. The lowest BCUT2D eigenvalue weighted by Crippen LogP contribution is -2.55. The Labute approximate surface area is 235 Å². The Bertz CT molecular complexity index is 1360. The Morgan fingerprint density at radius 1 is 1.19 bits per heavy atom. The maximum absolute atomic E-state index is 15.0. The molecule has 2 atom stereocenters. The van der Waals surface area contributed by atoms with Crippen LogP contribution in [0.2, 0.25) is 0 Å². The number of aromatic nitrogens is 1. The molecule has 226 valence electrons. The van der Waals surface area contributed by atoms with Crippen molar-refractivity contribution in [1.82, 2.24) is 10.3 Å². The molecular formula is C25H25F4N5O8. The Kier molecular flexibility index (Phi) is 10.0. The Morgan fingerprint density at radius 2 is 1.88 bits per heavy atom. The molecule has 2 aliphatic heterocycles. The van der Waals surface area contributed by atoms with Gasteiger partial charge in [0.25, 0.3) is 5.91 Å². The van der Waals surface area contributed by atoms with Crippen LogP contribution in [-0.2, 0) is 28.7 Å². The lowest BCUT2D eigenvalue weighted by Gasteiger charge is -2.16. The van der Waals surface area contributed by atoms with Gasteiger partial charge in [-0.15, -0.1) is 0 Å². The van der Waals surface area contributed by atoms with Gasteiger partial charge in [0.05, 0.1) is 18.8 Å². The average Bonchev–Trinajstić information content (AvgIpc) is 3.49. The summed E-state index contributed by atoms with van der Waals surface area (Å²) in [5.41, 5.74) is 4.52. The Balaban J connectivity index is 0.000000616. The first-order valence-electron chi connectivity index (χ1n) is 12.3. The van der Waals surface area contributed by atoms with E-state index in [0.717, 1.165) is 0 Å². The van der Waals surface area contributed by atoms with Crippen LogP contribution in [0, 0.1) is 5.82 Å². The lowest BCUT2D eigenvalue weighted by molar-refractivity contribution is -0.360. The number of aliphatic carboxylic acids is 1. The number of hydrogen-bond acceptors (Lipinski definition) is 9. The van der Waals surface area contributed by atoms with Crippen LogP contribution in [0.4, 0.5) is 33.9 Å². The number of quaternary nitrogens is 1. The van der Waals surface area contributed by atoms with E-state index < -0.39 is 42.2 Å². The molecule has 0 spiro atoms. The maximum atomic E-state index is 15.0. The number of carboxylic acids is 1. The maximum Gasteiger partial charge on any atom is 0.430 e. The minimum atomic E-state index is -5.19. The largest absolute Gasteiger partial charge is 0.542 e. The summed E-state index contributed by atoms with van der Waals surface area (Å²) in [5, 5.41) is 11.4. The van der Waals surface area contributed by atoms with Crippen LogP contribution in [0.5, 0.6) is 0 Å². The van der Waals surface area contributed by atoms with Crippen molar-refractivity contribution in [2.75, 3.05) is 36.0 Å². The van der Waals surface area contributed by atoms with Crippen LogP contribution in [0.1, 0.15) is 13.3 Å². The number of pyridine rings is 1. The number of esters is 1. The van der Waals surface area contributed by atoms with Crippen molar-refractivity contribution in [3.8, 4) is 11.1 Å². The number of carbonyl (C=O) groups excluding carboxylic acids is 5. The first-order chi connectivity index (χ1) is 19.7. The second-order valence-corrected chi connectivity index (χ2v) is 8.91. The molecule has 13 nitrogen and oxygen atoms in total. The highest BCUT2D eigenvalue weighted by atomic mass is 19.4. The third-order valence-electron chi connectivity index (χ3n) is 5.92. The summed E-state index contributed by atoms with van der Waals surface area (Å²) in [4.78, 5) is 63.0. The van der Waals surface area contributed by atoms with Gasteiger partial charge in [-0.3, -0.25) is 19.4 Å². The van der Waals surface area contributed by atoms with Crippen LogP contribution in [-0.4, -0.2) is 79.4 Å². The smallest absolute Gasteiger partial charge is 0.430 e. The van der Waals surface area contributed by atoms with Gasteiger partial charge in [-0.1, -0.05) is 0 Å². The zero-order chi connectivity index (χ0) is 31.2. The molecule has 2 fully saturated rings. The van der Waals surface area contributed by atoms with E-state index >= 15 is 0 Å². The summed E-state index contributed by atoms with van der Waals surface area (Å²) in [5.74, 6) is -4.34. The van der Waals surface area contributed by atoms with Crippen molar-refractivity contribution < 1.29 is 61.8 Å². The van der Waals surface area contributed by atoms with E-state index in [1.165, 1.54) is 35.1 Å². The predicted octanol–water partition coefficient (Wildman–Crippen LogP) is -0.462. The highest BCUT2D eigenvalue weighted by Gasteiger charge is 2.36. The predicted molar refractivity (Wildman–Crippen MR) is 132 cm³/mol. The fraction of sp³-hybridized carbons (Fsp3) is 0.360. The van der Waals surface area contributed by atoms with Crippen LogP contribution in [0.25, 0.3) is 11.1 Å². The summed E-state index contributed by atoms with van der Waals surface area (Å²) in [6.07, 6.45) is -5.39. The highest BCUT2D eigenvalue weighted by molar-refractivity contribution is 5.99. The number of ether oxygens (including phenoxy) is 2. The van der Waals surface area contributed by atoms with Gasteiger partial charge in [-0.2, -0.15) is 13.2 Å². The van der Waals surface area contributed by atoms with E-state index in [0.29, 0.717) is 30.0 Å².